The fourth-order valence-electron chi connectivity index (χ4n) is 0. The monoisotopic (exact) mass is 148 g/mol. The van der Waals surface area contributed by atoms with E-state index in [1.54, 1.807) is 0 Å². The third kappa shape index (κ3) is 4.54. The van der Waals surface area contributed by atoms with Crippen LogP contribution >= 0.6 is 0 Å². The predicted molar refractivity (Wildman–Crippen MR) is 34.2 cm³/mol. The van der Waals surface area contributed by atoms with Crippen LogP contribution in [0.5, 0.6) is 0 Å². The van der Waals surface area contributed by atoms with Gasteiger partial charge in [0.05, 0.1) is 0 Å². The van der Waals surface area contributed by atoms with E-state index in [2.05, 4.69) is 20.8 Å². The fourth-order valence-corrected chi connectivity index (χ4v) is 0. The molecule has 0 aliphatic carbocycles. The summed E-state index contributed by atoms with van der Waals surface area (Å²) in [6.45, 7) is 6.87. The SMILES string of the molecule is CC(C)(C)[CH2][GeH3]. The van der Waals surface area contributed by atoms with E-state index in [4.69, 9.17) is 0 Å². The number of hydrogen-bond donors (Lipinski definition) is 0. The molecule has 0 saturated heterocycles. The van der Waals surface area contributed by atoms with E-state index in [1.165, 1.54) is 5.25 Å². The summed E-state index contributed by atoms with van der Waals surface area (Å²) in [4.78, 5) is 0. The summed E-state index contributed by atoms with van der Waals surface area (Å²) in [5.74, 6) is 0. The van der Waals surface area contributed by atoms with Gasteiger partial charge in [-0.1, -0.05) is 0 Å². The summed E-state index contributed by atoms with van der Waals surface area (Å²) in [7, 11) is 0. The molecule has 0 aromatic rings. The van der Waals surface area contributed by atoms with Gasteiger partial charge in [0, 0.05) is 0 Å². The molecule has 0 spiro atoms. The second kappa shape index (κ2) is 2.01. The van der Waals surface area contributed by atoms with E-state index in [9.17, 15) is 0 Å². The van der Waals surface area contributed by atoms with Gasteiger partial charge in [-0.3, -0.25) is 0 Å². The van der Waals surface area contributed by atoms with Gasteiger partial charge in [-0.15, -0.1) is 0 Å². The molecule has 0 unspecified atom stereocenters. The van der Waals surface area contributed by atoms with Crippen molar-refractivity contribution in [3.8, 4) is 0 Å². The Morgan fingerprint density at radius 3 is 1.50 bits per heavy atom. The standard InChI is InChI=1S/C5H14Ge/c1-5(2,3)4-6/h4H2,1-3,6H3. The van der Waals surface area contributed by atoms with Gasteiger partial charge in [0.2, 0.25) is 0 Å². The molecule has 0 fully saturated rings. The van der Waals surface area contributed by atoms with Crippen molar-refractivity contribution >= 4 is 16.5 Å². The molecule has 0 aliphatic heterocycles. The second-order valence-electron chi connectivity index (χ2n) is 2.91. The summed E-state index contributed by atoms with van der Waals surface area (Å²) in [6.07, 6.45) is 0. The summed E-state index contributed by atoms with van der Waals surface area (Å²) >= 11 is 1.05. The third-order valence-electron chi connectivity index (χ3n) is 1.06. The zero-order chi connectivity index (χ0) is 5.21. The third-order valence-corrected chi connectivity index (χ3v) is 5.51. The number of rotatable bonds is 0. The van der Waals surface area contributed by atoms with Crippen molar-refractivity contribution in [1.29, 1.82) is 0 Å². The zero-order valence-corrected chi connectivity index (χ0v) is 9.40. The predicted octanol–water partition coefficient (Wildman–Crippen LogP) is 0.816. The molecule has 0 aromatic carbocycles. The Labute approximate surface area is 48.5 Å². The molecule has 0 rings (SSSR count). The van der Waals surface area contributed by atoms with Crippen LogP contribution in [0.4, 0.5) is 0 Å². The quantitative estimate of drug-likeness (QED) is 0.444. The molecule has 1 heteroatoms. The molecule has 0 atom stereocenters. The molecule has 0 aliphatic rings. The van der Waals surface area contributed by atoms with Gasteiger partial charge in [0.25, 0.3) is 0 Å². The molecule has 0 radical (unpaired) electrons. The summed E-state index contributed by atoms with van der Waals surface area (Å²) in [5, 5.41) is 1.46. The Morgan fingerprint density at radius 2 is 1.50 bits per heavy atom. The first kappa shape index (κ1) is 6.54. The molecular weight excluding hydrogens is 133 g/mol. The van der Waals surface area contributed by atoms with E-state index in [1.807, 2.05) is 0 Å². The van der Waals surface area contributed by atoms with E-state index >= 15 is 0 Å². The molecule has 0 nitrogen and oxygen atoms in total. The van der Waals surface area contributed by atoms with Crippen LogP contribution in [0.15, 0.2) is 0 Å². The Morgan fingerprint density at radius 1 is 1.33 bits per heavy atom. The first-order valence-corrected chi connectivity index (χ1v) is 5.53. The van der Waals surface area contributed by atoms with Crippen molar-refractivity contribution < 1.29 is 0 Å². The van der Waals surface area contributed by atoms with Crippen LogP contribution in [0.2, 0.25) is 5.25 Å². The Hall–Kier alpha value is 0.543. The van der Waals surface area contributed by atoms with Crippen molar-refractivity contribution in [3.05, 3.63) is 0 Å². The first-order valence-electron chi connectivity index (χ1n) is 2.56. The molecule has 0 saturated carbocycles. The second-order valence-corrected chi connectivity index (χ2v) is 4.40. The first-order chi connectivity index (χ1) is 2.56. The van der Waals surface area contributed by atoms with Crippen LogP contribution < -0.4 is 0 Å². The topological polar surface area (TPSA) is 0 Å². The zero-order valence-electron chi connectivity index (χ0n) is 5.21. The molecule has 0 bridgehead atoms. The minimum atomic E-state index is 0.625. The molecular formula is C5H14Ge. The van der Waals surface area contributed by atoms with Gasteiger partial charge in [0.1, 0.15) is 0 Å². The Balaban J connectivity index is 3.17. The van der Waals surface area contributed by atoms with Gasteiger partial charge in [-0.25, -0.2) is 0 Å². The average molecular weight is 147 g/mol. The van der Waals surface area contributed by atoms with Crippen molar-refractivity contribution in [2.45, 2.75) is 26.0 Å². The van der Waals surface area contributed by atoms with Crippen LogP contribution in [0.1, 0.15) is 20.8 Å². The van der Waals surface area contributed by atoms with Gasteiger partial charge in [0.15, 0.2) is 0 Å². The molecule has 38 valence electrons. The molecule has 0 heterocycles. The number of hydrogen-bond acceptors (Lipinski definition) is 0. The average Bonchev–Trinajstić information content (AvgIpc) is 1.35. The van der Waals surface area contributed by atoms with Gasteiger partial charge in [-0.2, -0.15) is 0 Å². The fraction of sp³-hybridized carbons (Fsp3) is 1.00. The Kier molecular flexibility index (Phi) is 2.19. The molecule has 0 amide bonds. The van der Waals surface area contributed by atoms with E-state index in [-0.39, 0.29) is 0 Å². The van der Waals surface area contributed by atoms with Crippen molar-refractivity contribution in [2.75, 3.05) is 0 Å². The maximum atomic E-state index is 2.29. The Bertz CT molecular complexity index is 33.7. The van der Waals surface area contributed by atoms with E-state index in [0.29, 0.717) is 5.41 Å². The molecule has 6 heavy (non-hydrogen) atoms. The van der Waals surface area contributed by atoms with Crippen LogP contribution in [-0.2, 0) is 0 Å². The van der Waals surface area contributed by atoms with Gasteiger partial charge < -0.3 is 0 Å². The molecule has 0 aromatic heterocycles. The summed E-state index contributed by atoms with van der Waals surface area (Å²) in [5.41, 5.74) is 0.625. The summed E-state index contributed by atoms with van der Waals surface area (Å²) < 4.78 is 0. The van der Waals surface area contributed by atoms with Crippen molar-refractivity contribution in [2.24, 2.45) is 5.41 Å². The van der Waals surface area contributed by atoms with Crippen LogP contribution in [-0.4, -0.2) is 16.5 Å². The van der Waals surface area contributed by atoms with E-state index in [0.717, 1.165) is 16.5 Å². The van der Waals surface area contributed by atoms with E-state index < -0.39 is 0 Å². The normalized spacial score (nSPS) is 12.5. The van der Waals surface area contributed by atoms with Crippen molar-refractivity contribution in [3.63, 3.8) is 0 Å². The van der Waals surface area contributed by atoms with Gasteiger partial charge in [-0.05, 0) is 0 Å². The van der Waals surface area contributed by atoms with Gasteiger partial charge >= 0.3 is 48.0 Å². The van der Waals surface area contributed by atoms with Crippen LogP contribution in [0.25, 0.3) is 0 Å². The minimum absolute atomic E-state index is 0.625. The van der Waals surface area contributed by atoms with Crippen LogP contribution in [0.3, 0.4) is 0 Å². The summed E-state index contributed by atoms with van der Waals surface area (Å²) in [6, 6.07) is 0. The molecule has 0 N–H and O–H groups in total. The van der Waals surface area contributed by atoms with Crippen LogP contribution in [0, 0.1) is 5.41 Å². The van der Waals surface area contributed by atoms with Crippen molar-refractivity contribution in [1.82, 2.24) is 0 Å². The maximum absolute atomic E-state index is 2.29.